The van der Waals surface area contributed by atoms with Crippen LogP contribution in [0.25, 0.3) is 0 Å². The van der Waals surface area contributed by atoms with Crippen LogP contribution in [0.3, 0.4) is 0 Å². The van der Waals surface area contributed by atoms with Crippen LogP contribution in [0, 0.1) is 11.8 Å². The molecular formula is C10H20O2. The standard InChI is InChI=1S/C10H20O2/c1-7(2)8-4-5-9(11)10(6-8)12-3/h7-11H,4-6H2,1-3H3/t8?,9-,10-/m1/s1. The summed E-state index contributed by atoms with van der Waals surface area (Å²) >= 11 is 0. The summed E-state index contributed by atoms with van der Waals surface area (Å²) in [5.41, 5.74) is 0. The molecule has 0 heterocycles. The van der Waals surface area contributed by atoms with Gasteiger partial charge in [0.2, 0.25) is 0 Å². The smallest absolute Gasteiger partial charge is 0.0832 e. The predicted octanol–water partition coefficient (Wildman–Crippen LogP) is 1.82. The first-order valence-corrected chi connectivity index (χ1v) is 4.86. The van der Waals surface area contributed by atoms with Gasteiger partial charge in [0, 0.05) is 7.11 Å². The summed E-state index contributed by atoms with van der Waals surface area (Å²) in [6, 6.07) is 0. The van der Waals surface area contributed by atoms with E-state index in [1.165, 1.54) is 0 Å². The first-order valence-electron chi connectivity index (χ1n) is 4.86. The zero-order valence-electron chi connectivity index (χ0n) is 8.29. The predicted molar refractivity (Wildman–Crippen MR) is 49.0 cm³/mol. The number of hydrogen-bond acceptors (Lipinski definition) is 2. The summed E-state index contributed by atoms with van der Waals surface area (Å²) < 4.78 is 5.23. The van der Waals surface area contributed by atoms with Crippen LogP contribution in [-0.2, 0) is 4.74 Å². The number of ether oxygens (including phenoxy) is 1. The molecule has 1 aliphatic rings. The molecule has 0 aromatic heterocycles. The van der Waals surface area contributed by atoms with Gasteiger partial charge >= 0.3 is 0 Å². The van der Waals surface area contributed by atoms with Crippen LogP contribution >= 0.6 is 0 Å². The summed E-state index contributed by atoms with van der Waals surface area (Å²) in [5, 5.41) is 9.54. The Labute approximate surface area is 74.9 Å². The fourth-order valence-corrected chi connectivity index (χ4v) is 2.00. The van der Waals surface area contributed by atoms with E-state index in [0.29, 0.717) is 0 Å². The average Bonchev–Trinajstić information content (AvgIpc) is 2.05. The Morgan fingerprint density at radius 3 is 2.50 bits per heavy atom. The molecule has 0 bridgehead atoms. The molecule has 2 nitrogen and oxygen atoms in total. The number of aliphatic hydroxyl groups excluding tert-OH is 1. The third kappa shape index (κ3) is 2.20. The topological polar surface area (TPSA) is 29.5 Å². The fraction of sp³-hybridized carbons (Fsp3) is 1.00. The lowest BCUT2D eigenvalue weighted by Gasteiger charge is -2.34. The molecule has 0 spiro atoms. The normalized spacial score (nSPS) is 37.2. The molecule has 1 fully saturated rings. The van der Waals surface area contributed by atoms with E-state index < -0.39 is 0 Å². The highest BCUT2D eigenvalue weighted by Gasteiger charge is 2.30. The molecule has 0 aliphatic heterocycles. The average molecular weight is 172 g/mol. The Bertz CT molecular complexity index is 134. The zero-order chi connectivity index (χ0) is 9.14. The molecule has 0 radical (unpaired) electrons. The third-order valence-corrected chi connectivity index (χ3v) is 3.04. The van der Waals surface area contributed by atoms with Crippen molar-refractivity contribution in [3.63, 3.8) is 0 Å². The van der Waals surface area contributed by atoms with Crippen LogP contribution in [0.2, 0.25) is 0 Å². The monoisotopic (exact) mass is 172 g/mol. The number of hydrogen-bond donors (Lipinski definition) is 1. The van der Waals surface area contributed by atoms with Gasteiger partial charge in [-0.3, -0.25) is 0 Å². The third-order valence-electron chi connectivity index (χ3n) is 3.04. The largest absolute Gasteiger partial charge is 0.390 e. The van der Waals surface area contributed by atoms with Crippen LogP contribution in [0.15, 0.2) is 0 Å². The highest BCUT2D eigenvalue weighted by Crippen LogP contribution is 2.31. The minimum absolute atomic E-state index is 0.0751. The van der Waals surface area contributed by atoms with E-state index in [2.05, 4.69) is 13.8 Å². The van der Waals surface area contributed by atoms with Crippen molar-refractivity contribution >= 4 is 0 Å². The maximum absolute atomic E-state index is 9.54. The van der Waals surface area contributed by atoms with Gasteiger partial charge in [-0.05, 0) is 31.1 Å². The second kappa shape index (κ2) is 4.24. The van der Waals surface area contributed by atoms with Crippen molar-refractivity contribution in [2.75, 3.05) is 7.11 Å². The summed E-state index contributed by atoms with van der Waals surface area (Å²) in [7, 11) is 1.69. The van der Waals surface area contributed by atoms with Crippen LogP contribution in [0.1, 0.15) is 33.1 Å². The van der Waals surface area contributed by atoms with Gasteiger partial charge in [-0.25, -0.2) is 0 Å². The van der Waals surface area contributed by atoms with Crippen LogP contribution in [-0.4, -0.2) is 24.4 Å². The quantitative estimate of drug-likeness (QED) is 0.688. The van der Waals surface area contributed by atoms with Crippen LogP contribution < -0.4 is 0 Å². The van der Waals surface area contributed by atoms with Crippen molar-refractivity contribution in [3.8, 4) is 0 Å². The molecule has 0 aromatic carbocycles. The Morgan fingerprint density at radius 1 is 1.33 bits per heavy atom. The van der Waals surface area contributed by atoms with E-state index in [1.807, 2.05) is 0 Å². The molecule has 1 saturated carbocycles. The summed E-state index contributed by atoms with van der Waals surface area (Å²) in [5.74, 6) is 1.45. The molecule has 1 aliphatic carbocycles. The van der Waals surface area contributed by atoms with Gasteiger partial charge in [0.25, 0.3) is 0 Å². The van der Waals surface area contributed by atoms with Gasteiger partial charge in [0.05, 0.1) is 12.2 Å². The minimum Gasteiger partial charge on any atom is -0.390 e. The van der Waals surface area contributed by atoms with Gasteiger partial charge in [-0.1, -0.05) is 13.8 Å². The lowest BCUT2D eigenvalue weighted by atomic mass is 9.79. The molecule has 3 atom stereocenters. The minimum atomic E-state index is -0.231. The van der Waals surface area contributed by atoms with Crippen molar-refractivity contribution in [2.24, 2.45) is 11.8 Å². The van der Waals surface area contributed by atoms with Gasteiger partial charge in [0.1, 0.15) is 0 Å². The molecule has 0 amide bonds. The summed E-state index contributed by atoms with van der Waals surface area (Å²) in [6.45, 7) is 4.49. The van der Waals surface area contributed by atoms with Gasteiger partial charge in [-0.15, -0.1) is 0 Å². The highest BCUT2D eigenvalue weighted by atomic mass is 16.5. The second-order valence-corrected chi connectivity index (χ2v) is 4.16. The van der Waals surface area contributed by atoms with E-state index in [1.54, 1.807) is 7.11 Å². The molecule has 12 heavy (non-hydrogen) atoms. The van der Waals surface area contributed by atoms with E-state index in [4.69, 9.17) is 4.74 Å². The Hall–Kier alpha value is -0.0800. The summed E-state index contributed by atoms with van der Waals surface area (Å²) in [4.78, 5) is 0. The maximum atomic E-state index is 9.54. The van der Waals surface area contributed by atoms with Gasteiger partial charge in [-0.2, -0.15) is 0 Å². The molecule has 1 N–H and O–H groups in total. The Morgan fingerprint density at radius 2 is 2.00 bits per heavy atom. The SMILES string of the molecule is CO[C@@H]1CC(C(C)C)CC[C@H]1O. The molecule has 1 rings (SSSR count). The van der Waals surface area contributed by atoms with Gasteiger partial charge in [0.15, 0.2) is 0 Å². The summed E-state index contributed by atoms with van der Waals surface area (Å²) in [6.07, 6.45) is 2.92. The number of rotatable bonds is 2. The zero-order valence-corrected chi connectivity index (χ0v) is 8.29. The van der Waals surface area contributed by atoms with E-state index in [9.17, 15) is 5.11 Å². The molecular weight excluding hydrogens is 152 g/mol. The lowest BCUT2D eigenvalue weighted by Crippen LogP contribution is -2.36. The maximum Gasteiger partial charge on any atom is 0.0832 e. The van der Waals surface area contributed by atoms with Crippen LogP contribution in [0.4, 0.5) is 0 Å². The van der Waals surface area contributed by atoms with E-state index in [0.717, 1.165) is 31.1 Å². The van der Waals surface area contributed by atoms with Gasteiger partial charge < -0.3 is 9.84 Å². The fourth-order valence-electron chi connectivity index (χ4n) is 2.00. The van der Waals surface area contributed by atoms with Crippen molar-refractivity contribution < 1.29 is 9.84 Å². The van der Waals surface area contributed by atoms with E-state index >= 15 is 0 Å². The first-order chi connectivity index (χ1) is 5.65. The lowest BCUT2D eigenvalue weighted by molar-refractivity contribution is -0.0560. The van der Waals surface area contributed by atoms with Crippen molar-refractivity contribution in [3.05, 3.63) is 0 Å². The molecule has 2 heteroatoms. The first kappa shape index (κ1) is 10.0. The second-order valence-electron chi connectivity index (χ2n) is 4.16. The molecule has 72 valence electrons. The van der Waals surface area contributed by atoms with E-state index in [-0.39, 0.29) is 12.2 Å². The highest BCUT2D eigenvalue weighted by molar-refractivity contribution is 4.81. The number of methoxy groups -OCH3 is 1. The van der Waals surface area contributed by atoms with Crippen molar-refractivity contribution in [1.29, 1.82) is 0 Å². The van der Waals surface area contributed by atoms with Crippen LogP contribution in [0.5, 0.6) is 0 Å². The van der Waals surface area contributed by atoms with Crippen molar-refractivity contribution in [1.82, 2.24) is 0 Å². The Balaban J connectivity index is 2.44. The Kier molecular flexibility index (Phi) is 3.53. The molecule has 1 unspecified atom stereocenters. The van der Waals surface area contributed by atoms with Crippen molar-refractivity contribution in [2.45, 2.75) is 45.3 Å². The molecule has 0 aromatic rings. The number of aliphatic hydroxyl groups is 1. The molecule has 0 saturated heterocycles.